The third kappa shape index (κ3) is 5.17. The van der Waals surface area contributed by atoms with E-state index in [9.17, 15) is 0 Å². The fourth-order valence-corrected chi connectivity index (χ4v) is 2.12. The largest absolute Gasteiger partial charge is 0.304 e. The Balaban J connectivity index is 0.000000612. The van der Waals surface area contributed by atoms with Gasteiger partial charge in [-0.05, 0) is 33.4 Å². The van der Waals surface area contributed by atoms with Crippen molar-refractivity contribution in [3.63, 3.8) is 0 Å². The predicted octanol–water partition coefficient (Wildman–Crippen LogP) is 2.57. The Hall–Kier alpha value is -1.00. The Morgan fingerprint density at radius 3 is 1.80 bits per heavy atom. The summed E-state index contributed by atoms with van der Waals surface area (Å²) in [6.45, 7) is 15.9. The molecule has 0 radical (unpaired) electrons. The summed E-state index contributed by atoms with van der Waals surface area (Å²) in [6.07, 6.45) is 1.25. The molecule has 2 heterocycles. The summed E-state index contributed by atoms with van der Waals surface area (Å²) >= 11 is 0. The molecule has 4 heteroatoms. The second-order valence-electron chi connectivity index (χ2n) is 5.72. The Bertz CT molecular complexity index is 386. The maximum absolute atomic E-state index is 4.58. The molecule has 1 aliphatic rings. The Labute approximate surface area is 124 Å². The van der Waals surface area contributed by atoms with E-state index in [0.717, 1.165) is 49.9 Å². The van der Waals surface area contributed by atoms with Gasteiger partial charge in [-0.2, -0.15) is 0 Å². The van der Waals surface area contributed by atoms with Gasteiger partial charge in [-0.1, -0.05) is 20.3 Å². The van der Waals surface area contributed by atoms with Crippen LogP contribution < -0.4 is 0 Å². The molecule has 0 atom stereocenters. The zero-order valence-corrected chi connectivity index (χ0v) is 14.0. The van der Waals surface area contributed by atoms with Crippen molar-refractivity contribution in [3.8, 4) is 0 Å². The number of aromatic nitrogens is 2. The van der Waals surface area contributed by atoms with E-state index in [1.165, 1.54) is 12.0 Å². The van der Waals surface area contributed by atoms with Gasteiger partial charge < -0.3 is 4.90 Å². The highest BCUT2D eigenvalue weighted by molar-refractivity contribution is 5.22. The molecule has 0 spiro atoms. The van der Waals surface area contributed by atoms with Crippen LogP contribution >= 0.6 is 0 Å². The van der Waals surface area contributed by atoms with E-state index in [-0.39, 0.29) is 0 Å². The molecule has 114 valence electrons. The maximum Gasteiger partial charge on any atom is 0.142 e. The SMILES string of the molecule is CCC.Cc1nc(CN2CCN(C)CC2)nc(C)c1C. The van der Waals surface area contributed by atoms with Crippen LogP contribution in [0, 0.1) is 20.8 Å². The first-order valence-corrected chi connectivity index (χ1v) is 7.69. The second kappa shape index (κ2) is 8.32. The van der Waals surface area contributed by atoms with Crippen LogP contribution in [-0.4, -0.2) is 53.0 Å². The molecule has 0 N–H and O–H groups in total. The smallest absolute Gasteiger partial charge is 0.142 e. The first kappa shape index (κ1) is 17.1. The first-order valence-electron chi connectivity index (χ1n) is 7.69. The average molecular weight is 278 g/mol. The van der Waals surface area contributed by atoms with Crippen LogP contribution in [0.3, 0.4) is 0 Å². The highest BCUT2D eigenvalue weighted by atomic mass is 15.3. The Morgan fingerprint density at radius 2 is 1.35 bits per heavy atom. The topological polar surface area (TPSA) is 32.3 Å². The van der Waals surface area contributed by atoms with Crippen LogP contribution in [0.2, 0.25) is 0 Å². The minimum Gasteiger partial charge on any atom is -0.304 e. The molecule has 0 bridgehead atoms. The van der Waals surface area contributed by atoms with E-state index < -0.39 is 0 Å². The molecule has 1 saturated heterocycles. The van der Waals surface area contributed by atoms with E-state index >= 15 is 0 Å². The van der Waals surface area contributed by atoms with Crippen molar-refractivity contribution in [3.05, 3.63) is 22.8 Å². The molecule has 1 aromatic heterocycles. The van der Waals surface area contributed by atoms with E-state index in [1.807, 2.05) is 0 Å². The van der Waals surface area contributed by atoms with Crippen molar-refractivity contribution in [1.29, 1.82) is 0 Å². The summed E-state index contributed by atoms with van der Waals surface area (Å²) < 4.78 is 0. The molecule has 1 fully saturated rings. The van der Waals surface area contributed by atoms with Gasteiger partial charge in [0.15, 0.2) is 0 Å². The van der Waals surface area contributed by atoms with Gasteiger partial charge in [-0.25, -0.2) is 9.97 Å². The van der Waals surface area contributed by atoms with Gasteiger partial charge in [0.25, 0.3) is 0 Å². The number of nitrogens with zero attached hydrogens (tertiary/aromatic N) is 4. The molecular formula is C16H30N4. The number of rotatable bonds is 2. The molecule has 4 nitrogen and oxygen atoms in total. The van der Waals surface area contributed by atoms with E-state index in [4.69, 9.17) is 0 Å². The van der Waals surface area contributed by atoms with Gasteiger partial charge in [-0.15, -0.1) is 0 Å². The highest BCUT2D eigenvalue weighted by Gasteiger charge is 2.15. The van der Waals surface area contributed by atoms with Crippen molar-refractivity contribution >= 4 is 0 Å². The van der Waals surface area contributed by atoms with Crippen LogP contribution in [-0.2, 0) is 6.54 Å². The van der Waals surface area contributed by atoms with Crippen LogP contribution in [0.1, 0.15) is 43.0 Å². The third-order valence-corrected chi connectivity index (χ3v) is 3.64. The summed E-state index contributed by atoms with van der Waals surface area (Å²) in [5, 5.41) is 0. The molecule has 0 amide bonds. The lowest BCUT2D eigenvalue weighted by molar-refractivity contribution is 0.145. The average Bonchev–Trinajstić information content (AvgIpc) is 2.39. The van der Waals surface area contributed by atoms with E-state index in [1.54, 1.807) is 0 Å². The van der Waals surface area contributed by atoms with Gasteiger partial charge in [-0.3, -0.25) is 4.90 Å². The molecule has 2 rings (SSSR count). The Morgan fingerprint density at radius 1 is 0.900 bits per heavy atom. The lowest BCUT2D eigenvalue weighted by Crippen LogP contribution is -2.44. The lowest BCUT2D eigenvalue weighted by Gasteiger charge is -2.31. The quantitative estimate of drug-likeness (QED) is 0.832. The molecule has 0 aliphatic carbocycles. The van der Waals surface area contributed by atoms with Crippen molar-refractivity contribution < 1.29 is 0 Å². The molecule has 0 aromatic carbocycles. The molecule has 20 heavy (non-hydrogen) atoms. The highest BCUT2D eigenvalue weighted by Crippen LogP contribution is 2.10. The standard InChI is InChI=1S/C13H22N4.C3H8/c1-10-11(2)14-13(15-12(10)3)9-17-7-5-16(4)6-8-17;1-3-2/h5-9H2,1-4H3;3H2,1-2H3. The van der Waals surface area contributed by atoms with Crippen LogP contribution in [0.5, 0.6) is 0 Å². The molecule has 1 aromatic rings. The lowest BCUT2D eigenvalue weighted by atomic mass is 10.2. The summed E-state index contributed by atoms with van der Waals surface area (Å²) in [4.78, 5) is 14.0. The zero-order valence-electron chi connectivity index (χ0n) is 14.0. The predicted molar refractivity (Wildman–Crippen MR) is 85.0 cm³/mol. The minimum atomic E-state index is 0.885. The Kier molecular flexibility index (Phi) is 7.10. The third-order valence-electron chi connectivity index (χ3n) is 3.64. The van der Waals surface area contributed by atoms with E-state index in [0.29, 0.717) is 0 Å². The van der Waals surface area contributed by atoms with E-state index in [2.05, 4.69) is 61.4 Å². The van der Waals surface area contributed by atoms with Crippen LogP contribution in [0.25, 0.3) is 0 Å². The van der Waals surface area contributed by atoms with Gasteiger partial charge >= 0.3 is 0 Å². The summed E-state index contributed by atoms with van der Waals surface area (Å²) in [6, 6.07) is 0. The molecule has 1 aliphatic heterocycles. The number of likely N-dealkylation sites (N-methyl/N-ethyl adjacent to an activating group) is 1. The fraction of sp³-hybridized carbons (Fsp3) is 0.750. The normalized spacial score (nSPS) is 16.7. The van der Waals surface area contributed by atoms with Crippen molar-refractivity contribution in [2.45, 2.75) is 47.6 Å². The van der Waals surface area contributed by atoms with Gasteiger partial charge in [0, 0.05) is 37.6 Å². The molecule has 0 unspecified atom stereocenters. The van der Waals surface area contributed by atoms with Crippen LogP contribution in [0.15, 0.2) is 0 Å². The summed E-state index contributed by atoms with van der Waals surface area (Å²) in [5.74, 6) is 0.968. The zero-order chi connectivity index (χ0) is 15.1. The number of hydrogen-bond acceptors (Lipinski definition) is 4. The number of hydrogen-bond donors (Lipinski definition) is 0. The van der Waals surface area contributed by atoms with Crippen molar-refractivity contribution in [2.24, 2.45) is 0 Å². The number of aryl methyl sites for hydroxylation is 2. The van der Waals surface area contributed by atoms with Gasteiger partial charge in [0.1, 0.15) is 5.82 Å². The van der Waals surface area contributed by atoms with Gasteiger partial charge in [0.2, 0.25) is 0 Å². The maximum atomic E-state index is 4.58. The fourth-order valence-electron chi connectivity index (χ4n) is 2.12. The van der Waals surface area contributed by atoms with Crippen LogP contribution in [0.4, 0.5) is 0 Å². The minimum absolute atomic E-state index is 0.885. The summed E-state index contributed by atoms with van der Waals surface area (Å²) in [7, 11) is 2.17. The van der Waals surface area contributed by atoms with Crippen molar-refractivity contribution in [1.82, 2.24) is 19.8 Å². The molecule has 0 saturated carbocycles. The molecular weight excluding hydrogens is 248 g/mol. The monoisotopic (exact) mass is 278 g/mol. The van der Waals surface area contributed by atoms with Crippen molar-refractivity contribution in [2.75, 3.05) is 33.2 Å². The second-order valence-corrected chi connectivity index (χ2v) is 5.72. The number of piperazine rings is 1. The first-order chi connectivity index (χ1) is 9.47. The van der Waals surface area contributed by atoms with Gasteiger partial charge in [0.05, 0.1) is 6.54 Å². The summed E-state index contributed by atoms with van der Waals surface area (Å²) in [5.41, 5.74) is 3.44.